The molecule has 0 saturated heterocycles. The van der Waals surface area contributed by atoms with Crippen LogP contribution in [0.4, 0.5) is 0 Å². The Hall–Kier alpha value is -1.84. The van der Waals surface area contributed by atoms with Crippen LogP contribution in [-0.4, -0.2) is 24.5 Å². The molecular weight excluding hydrogens is 278 g/mol. The SMILES string of the molecule is CCc1ccc(C(=O)NC(C)C(=O)OCCCC(C)C)cc1. The summed E-state index contributed by atoms with van der Waals surface area (Å²) in [5.41, 5.74) is 1.73. The normalized spacial score (nSPS) is 12.0. The van der Waals surface area contributed by atoms with E-state index in [1.165, 1.54) is 5.56 Å². The van der Waals surface area contributed by atoms with Crippen LogP contribution in [0, 0.1) is 5.92 Å². The lowest BCUT2D eigenvalue weighted by molar-refractivity contribution is -0.145. The molecular formula is C18H27NO3. The Labute approximate surface area is 133 Å². The number of benzene rings is 1. The summed E-state index contributed by atoms with van der Waals surface area (Å²) >= 11 is 0. The van der Waals surface area contributed by atoms with Gasteiger partial charge < -0.3 is 10.1 Å². The van der Waals surface area contributed by atoms with E-state index in [1.54, 1.807) is 19.1 Å². The standard InChI is InChI=1S/C18H27NO3/c1-5-15-8-10-16(11-9-15)17(20)19-14(4)18(21)22-12-6-7-13(2)3/h8-11,13-14H,5-7,12H2,1-4H3,(H,19,20). The third kappa shape index (κ3) is 6.29. The minimum atomic E-state index is -0.641. The van der Waals surface area contributed by atoms with E-state index in [2.05, 4.69) is 26.1 Å². The van der Waals surface area contributed by atoms with Crippen LogP contribution in [0.15, 0.2) is 24.3 Å². The van der Waals surface area contributed by atoms with Crippen molar-refractivity contribution in [3.05, 3.63) is 35.4 Å². The highest BCUT2D eigenvalue weighted by atomic mass is 16.5. The van der Waals surface area contributed by atoms with Crippen molar-refractivity contribution in [1.82, 2.24) is 5.32 Å². The van der Waals surface area contributed by atoms with Crippen molar-refractivity contribution < 1.29 is 14.3 Å². The number of rotatable bonds is 8. The van der Waals surface area contributed by atoms with Crippen molar-refractivity contribution in [2.24, 2.45) is 5.92 Å². The third-order valence-corrected chi connectivity index (χ3v) is 3.50. The van der Waals surface area contributed by atoms with E-state index in [-0.39, 0.29) is 11.9 Å². The van der Waals surface area contributed by atoms with Gasteiger partial charge in [0.2, 0.25) is 0 Å². The maximum atomic E-state index is 12.1. The van der Waals surface area contributed by atoms with E-state index in [4.69, 9.17) is 4.74 Å². The minimum Gasteiger partial charge on any atom is -0.464 e. The number of esters is 1. The zero-order valence-electron chi connectivity index (χ0n) is 14.0. The predicted octanol–water partition coefficient (Wildman–Crippen LogP) is 3.35. The Morgan fingerprint density at radius 2 is 1.77 bits per heavy atom. The summed E-state index contributed by atoms with van der Waals surface area (Å²) in [5.74, 6) is -0.0431. The molecule has 0 spiro atoms. The van der Waals surface area contributed by atoms with Gasteiger partial charge in [0.15, 0.2) is 0 Å². The van der Waals surface area contributed by atoms with Gasteiger partial charge in [-0.3, -0.25) is 4.79 Å². The maximum absolute atomic E-state index is 12.1. The quantitative estimate of drug-likeness (QED) is 0.592. The topological polar surface area (TPSA) is 55.4 Å². The second-order valence-corrected chi connectivity index (χ2v) is 5.95. The molecule has 0 saturated carbocycles. The van der Waals surface area contributed by atoms with Crippen LogP contribution in [0.1, 0.15) is 56.5 Å². The fourth-order valence-electron chi connectivity index (χ4n) is 2.02. The average Bonchev–Trinajstić information content (AvgIpc) is 2.51. The van der Waals surface area contributed by atoms with E-state index in [9.17, 15) is 9.59 Å². The number of carbonyl (C=O) groups is 2. The Balaban J connectivity index is 2.40. The number of hydrogen-bond donors (Lipinski definition) is 1. The average molecular weight is 305 g/mol. The first-order chi connectivity index (χ1) is 10.4. The molecule has 0 aromatic heterocycles. The Bertz CT molecular complexity index is 480. The number of ether oxygens (including phenoxy) is 1. The summed E-state index contributed by atoms with van der Waals surface area (Å²) < 4.78 is 5.17. The molecule has 0 aliphatic rings. The molecule has 1 N–H and O–H groups in total. The Kier molecular flexibility index (Phi) is 7.64. The highest BCUT2D eigenvalue weighted by Gasteiger charge is 2.17. The first-order valence-electron chi connectivity index (χ1n) is 8.00. The fraction of sp³-hybridized carbons (Fsp3) is 0.556. The molecule has 122 valence electrons. The highest BCUT2D eigenvalue weighted by Crippen LogP contribution is 2.06. The molecule has 1 rings (SSSR count). The molecule has 0 aliphatic heterocycles. The minimum absolute atomic E-state index is 0.255. The van der Waals surface area contributed by atoms with Crippen molar-refractivity contribution in [3.63, 3.8) is 0 Å². The molecule has 1 unspecified atom stereocenters. The summed E-state index contributed by atoms with van der Waals surface area (Å²) in [5, 5.41) is 2.67. The van der Waals surface area contributed by atoms with Gasteiger partial charge >= 0.3 is 5.97 Å². The summed E-state index contributed by atoms with van der Waals surface area (Å²) in [6.07, 6.45) is 2.81. The molecule has 4 heteroatoms. The lowest BCUT2D eigenvalue weighted by Gasteiger charge is -2.14. The summed E-state index contributed by atoms with van der Waals surface area (Å²) in [4.78, 5) is 23.9. The summed E-state index contributed by atoms with van der Waals surface area (Å²) in [6, 6.07) is 6.74. The van der Waals surface area contributed by atoms with Gasteiger partial charge in [0.1, 0.15) is 6.04 Å². The van der Waals surface area contributed by atoms with Crippen LogP contribution in [0.5, 0.6) is 0 Å². The second kappa shape index (κ2) is 9.23. The number of amides is 1. The molecule has 4 nitrogen and oxygen atoms in total. The van der Waals surface area contributed by atoms with E-state index in [1.807, 2.05) is 12.1 Å². The van der Waals surface area contributed by atoms with Gasteiger partial charge in [-0.05, 0) is 49.8 Å². The van der Waals surface area contributed by atoms with E-state index in [0.717, 1.165) is 19.3 Å². The molecule has 0 heterocycles. The molecule has 0 radical (unpaired) electrons. The first-order valence-corrected chi connectivity index (χ1v) is 8.00. The van der Waals surface area contributed by atoms with Crippen LogP contribution in [0.3, 0.4) is 0 Å². The van der Waals surface area contributed by atoms with E-state index in [0.29, 0.717) is 18.1 Å². The van der Waals surface area contributed by atoms with Crippen molar-refractivity contribution in [1.29, 1.82) is 0 Å². The Morgan fingerprint density at radius 3 is 2.32 bits per heavy atom. The smallest absolute Gasteiger partial charge is 0.328 e. The lowest BCUT2D eigenvalue weighted by atomic mass is 10.1. The maximum Gasteiger partial charge on any atom is 0.328 e. The third-order valence-electron chi connectivity index (χ3n) is 3.50. The molecule has 1 amide bonds. The molecule has 0 bridgehead atoms. The van der Waals surface area contributed by atoms with Gasteiger partial charge in [0.05, 0.1) is 6.61 Å². The van der Waals surface area contributed by atoms with Crippen LogP contribution in [-0.2, 0) is 16.0 Å². The van der Waals surface area contributed by atoms with Gasteiger partial charge in [-0.2, -0.15) is 0 Å². The molecule has 22 heavy (non-hydrogen) atoms. The van der Waals surface area contributed by atoms with Crippen LogP contribution < -0.4 is 5.32 Å². The van der Waals surface area contributed by atoms with Crippen molar-refractivity contribution in [2.75, 3.05) is 6.61 Å². The number of hydrogen-bond acceptors (Lipinski definition) is 3. The number of carbonyl (C=O) groups excluding carboxylic acids is 2. The van der Waals surface area contributed by atoms with Gasteiger partial charge in [0, 0.05) is 5.56 Å². The number of nitrogens with one attached hydrogen (secondary N) is 1. The van der Waals surface area contributed by atoms with Crippen molar-refractivity contribution >= 4 is 11.9 Å². The molecule has 0 fully saturated rings. The Morgan fingerprint density at radius 1 is 1.14 bits per heavy atom. The van der Waals surface area contributed by atoms with Crippen molar-refractivity contribution in [2.45, 2.75) is 53.0 Å². The molecule has 0 aliphatic carbocycles. The fourth-order valence-corrected chi connectivity index (χ4v) is 2.02. The van der Waals surface area contributed by atoms with Gasteiger partial charge in [-0.1, -0.05) is 32.9 Å². The van der Waals surface area contributed by atoms with Crippen molar-refractivity contribution in [3.8, 4) is 0 Å². The summed E-state index contributed by atoms with van der Waals surface area (Å²) in [7, 11) is 0. The largest absolute Gasteiger partial charge is 0.464 e. The van der Waals surface area contributed by atoms with E-state index < -0.39 is 6.04 Å². The second-order valence-electron chi connectivity index (χ2n) is 5.95. The zero-order chi connectivity index (χ0) is 16.5. The van der Waals surface area contributed by atoms with Gasteiger partial charge in [0.25, 0.3) is 5.91 Å². The monoisotopic (exact) mass is 305 g/mol. The molecule has 1 atom stereocenters. The highest BCUT2D eigenvalue weighted by molar-refractivity contribution is 5.96. The molecule has 1 aromatic carbocycles. The lowest BCUT2D eigenvalue weighted by Crippen LogP contribution is -2.39. The van der Waals surface area contributed by atoms with Gasteiger partial charge in [-0.25, -0.2) is 4.79 Å². The van der Waals surface area contributed by atoms with Crippen LogP contribution >= 0.6 is 0 Å². The zero-order valence-corrected chi connectivity index (χ0v) is 14.0. The molecule has 1 aromatic rings. The van der Waals surface area contributed by atoms with Gasteiger partial charge in [-0.15, -0.1) is 0 Å². The predicted molar refractivity (Wildman–Crippen MR) is 87.8 cm³/mol. The number of aryl methyl sites for hydroxylation is 1. The summed E-state index contributed by atoms with van der Waals surface area (Å²) in [6.45, 7) is 8.38. The van der Waals surface area contributed by atoms with Crippen LogP contribution in [0.25, 0.3) is 0 Å². The van der Waals surface area contributed by atoms with E-state index >= 15 is 0 Å². The van der Waals surface area contributed by atoms with Crippen LogP contribution in [0.2, 0.25) is 0 Å². The first kappa shape index (κ1) is 18.2.